The van der Waals surface area contributed by atoms with E-state index in [9.17, 15) is 4.79 Å². The molecule has 1 aromatic carbocycles. The van der Waals surface area contributed by atoms with Gasteiger partial charge in [0.15, 0.2) is 6.61 Å². The number of hydrogen-bond donors (Lipinski definition) is 1. The van der Waals surface area contributed by atoms with Crippen molar-refractivity contribution in [3.8, 4) is 5.75 Å². The highest BCUT2D eigenvalue weighted by Gasteiger charge is 2.12. The van der Waals surface area contributed by atoms with E-state index in [1.165, 1.54) is 0 Å². The van der Waals surface area contributed by atoms with Gasteiger partial charge < -0.3 is 10.1 Å². The first-order chi connectivity index (χ1) is 11.0. The molecule has 1 heterocycles. The maximum absolute atomic E-state index is 11.9. The number of aryl methyl sites for hydroxylation is 1. The molecule has 0 fully saturated rings. The summed E-state index contributed by atoms with van der Waals surface area (Å²) in [5, 5.41) is 3.54. The second-order valence-electron chi connectivity index (χ2n) is 5.71. The average molecular weight is 333 g/mol. The molecule has 1 aromatic heterocycles. The number of amides is 1. The van der Waals surface area contributed by atoms with Gasteiger partial charge in [0.1, 0.15) is 5.75 Å². The van der Waals surface area contributed by atoms with Crippen LogP contribution in [0.15, 0.2) is 36.7 Å². The number of aromatic nitrogens is 1. The lowest BCUT2D eigenvalue weighted by molar-refractivity contribution is -0.123. The van der Waals surface area contributed by atoms with Crippen LogP contribution in [0.5, 0.6) is 5.75 Å². The Bertz CT molecular complexity index is 672. The molecule has 0 atom stereocenters. The van der Waals surface area contributed by atoms with E-state index >= 15 is 0 Å². The SMILES string of the molecule is Cc1cc(OCC(=O)NCc2ccncc2)c(C(C)C)cc1Cl. The number of benzene rings is 1. The number of ether oxygens (including phenoxy) is 1. The third-order valence-electron chi connectivity index (χ3n) is 3.51. The van der Waals surface area contributed by atoms with Gasteiger partial charge in [-0.15, -0.1) is 0 Å². The highest BCUT2D eigenvalue weighted by Crippen LogP contribution is 2.31. The first kappa shape index (κ1) is 17.3. The summed E-state index contributed by atoms with van der Waals surface area (Å²) in [6.45, 7) is 6.49. The fraction of sp³-hybridized carbons (Fsp3) is 0.333. The fourth-order valence-electron chi connectivity index (χ4n) is 2.14. The normalized spacial score (nSPS) is 10.7. The molecule has 0 saturated heterocycles. The van der Waals surface area contributed by atoms with E-state index < -0.39 is 0 Å². The quantitative estimate of drug-likeness (QED) is 0.873. The zero-order chi connectivity index (χ0) is 16.8. The smallest absolute Gasteiger partial charge is 0.258 e. The van der Waals surface area contributed by atoms with Crippen LogP contribution in [0.4, 0.5) is 0 Å². The van der Waals surface area contributed by atoms with E-state index in [1.807, 2.05) is 31.2 Å². The van der Waals surface area contributed by atoms with Gasteiger partial charge in [-0.1, -0.05) is 25.4 Å². The van der Waals surface area contributed by atoms with Crippen LogP contribution in [-0.4, -0.2) is 17.5 Å². The van der Waals surface area contributed by atoms with E-state index in [1.54, 1.807) is 12.4 Å². The molecule has 4 nitrogen and oxygen atoms in total. The molecule has 122 valence electrons. The number of nitrogens with one attached hydrogen (secondary N) is 1. The number of rotatable bonds is 6. The third-order valence-corrected chi connectivity index (χ3v) is 3.92. The predicted octanol–water partition coefficient (Wildman–Crippen LogP) is 3.86. The van der Waals surface area contributed by atoms with Gasteiger partial charge in [-0.3, -0.25) is 9.78 Å². The Balaban J connectivity index is 1.95. The zero-order valence-corrected chi connectivity index (χ0v) is 14.4. The molecule has 1 amide bonds. The van der Waals surface area contributed by atoms with Crippen LogP contribution in [0.2, 0.25) is 5.02 Å². The lowest BCUT2D eigenvalue weighted by atomic mass is 10.0. The van der Waals surface area contributed by atoms with E-state index in [0.29, 0.717) is 17.3 Å². The molecule has 0 aliphatic heterocycles. The Kier molecular flexibility index (Phi) is 5.99. The van der Waals surface area contributed by atoms with Crippen molar-refractivity contribution in [3.63, 3.8) is 0 Å². The zero-order valence-electron chi connectivity index (χ0n) is 13.6. The van der Waals surface area contributed by atoms with Crippen molar-refractivity contribution in [3.05, 3.63) is 58.4 Å². The topological polar surface area (TPSA) is 51.2 Å². The minimum Gasteiger partial charge on any atom is -0.483 e. The molecule has 0 unspecified atom stereocenters. The maximum atomic E-state index is 11.9. The lowest BCUT2D eigenvalue weighted by Crippen LogP contribution is -2.28. The van der Waals surface area contributed by atoms with Crippen LogP contribution < -0.4 is 10.1 Å². The van der Waals surface area contributed by atoms with E-state index in [2.05, 4.69) is 24.1 Å². The third kappa shape index (κ3) is 4.96. The monoisotopic (exact) mass is 332 g/mol. The average Bonchev–Trinajstić information content (AvgIpc) is 2.54. The fourth-order valence-corrected chi connectivity index (χ4v) is 2.31. The number of halogens is 1. The predicted molar refractivity (Wildman–Crippen MR) is 91.9 cm³/mol. The highest BCUT2D eigenvalue weighted by molar-refractivity contribution is 6.31. The van der Waals surface area contributed by atoms with Crippen LogP contribution in [-0.2, 0) is 11.3 Å². The van der Waals surface area contributed by atoms with Crippen LogP contribution >= 0.6 is 11.6 Å². The molecule has 1 N–H and O–H groups in total. The van der Waals surface area contributed by atoms with Crippen molar-refractivity contribution >= 4 is 17.5 Å². The van der Waals surface area contributed by atoms with E-state index in [4.69, 9.17) is 16.3 Å². The Hall–Kier alpha value is -2.07. The molecule has 0 aliphatic carbocycles. The summed E-state index contributed by atoms with van der Waals surface area (Å²) in [6.07, 6.45) is 3.40. The molecule has 2 aromatic rings. The van der Waals surface area contributed by atoms with Gasteiger partial charge in [0.05, 0.1) is 0 Å². The van der Waals surface area contributed by atoms with Gasteiger partial charge in [0.25, 0.3) is 5.91 Å². The molecule has 0 spiro atoms. The summed E-state index contributed by atoms with van der Waals surface area (Å²) < 4.78 is 5.70. The minimum atomic E-state index is -0.163. The molecule has 23 heavy (non-hydrogen) atoms. The van der Waals surface area contributed by atoms with E-state index in [-0.39, 0.29) is 18.4 Å². The minimum absolute atomic E-state index is 0.0219. The molecule has 2 rings (SSSR count). The largest absolute Gasteiger partial charge is 0.483 e. The Labute approximate surface area is 141 Å². The molecular weight excluding hydrogens is 312 g/mol. The number of hydrogen-bond acceptors (Lipinski definition) is 3. The molecule has 5 heteroatoms. The van der Waals surface area contributed by atoms with Crippen LogP contribution in [0.25, 0.3) is 0 Å². The summed E-state index contributed by atoms with van der Waals surface area (Å²) >= 11 is 6.17. The van der Waals surface area contributed by atoms with Crippen molar-refractivity contribution in [1.29, 1.82) is 0 Å². The Morgan fingerprint density at radius 3 is 2.65 bits per heavy atom. The number of pyridine rings is 1. The molecule has 0 radical (unpaired) electrons. The van der Waals surface area contributed by atoms with Crippen molar-refractivity contribution in [2.75, 3.05) is 6.61 Å². The lowest BCUT2D eigenvalue weighted by Gasteiger charge is -2.16. The van der Waals surface area contributed by atoms with E-state index in [0.717, 1.165) is 16.7 Å². The van der Waals surface area contributed by atoms with Crippen molar-refractivity contribution in [2.24, 2.45) is 0 Å². The van der Waals surface area contributed by atoms with Crippen LogP contribution in [0, 0.1) is 6.92 Å². The summed E-state index contributed by atoms with van der Waals surface area (Å²) in [5.41, 5.74) is 2.93. The molecule has 0 aliphatic rings. The van der Waals surface area contributed by atoms with Gasteiger partial charge in [0.2, 0.25) is 0 Å². The molecular formula is C18H21ClN2O2. The van der Waals surface area contributed by atoms with Gasteiger partial charge in [0, 0.05) is 24.0 Å². The second-order valence-corrected chi connectivity index (χ2v) is 6.12. The number of carbonyl (C=O) groups excluding carboxylic acids is 1. The van der Waals surface area contributed by atoms with Crippen molar-refractivity contribution in [1.82, 2.24) is 10.3 Å². The van der Waals surface area contributed by atoms with Crippen LogP contribution in [0.1, 0.15) is 36.5 Å². The van der Waals surface area contributed by atoms with Gasteiger partial charge in [-0.2, -0.15) is 0 Å². The van der Waals surface area contributed by atoms with Crippen molar-refractivity contribution in [2.45, 2.75) is 33.2 Å². The van der Waals surface area contributed by atoms with Crippen molar-refractivity contribution < 1.29 is 9.53 Å². The van der Waals surface area contributed by atoms with Gasteiger partial charge in [-0.05, 0) is 53.8 Å². The Morgan fingerprint density at radius 1 is 1.30 bits per heavy atom. The maximum Gasteiger partial charge on any atom is 0.258 e. The number of nitrogens with zero attached hydrogens (tertiary/aromatic N) is 1. The molecule has 0 saturated carbocycles. The second kappa shape index (κ2) is 7.97. The van der Waals surface area contributed by atoms with Crippen LogP contribution in [0.3, 0.4) is 0 Å². The summed E-state index contributed by atoms with van der Waals surface area (Å²) in [4.78, 5) is 15.9. The molecule has 0 bridgehead atoms. The highest BCUT2D eigenvalue weighted by atomic mass is 35.5. The summed E-state index contributed by atoms with van der Waals surface area (Å²) in [7, 11) is 0. The van der Waals surface area contributed by atoms with Gasteiger partial charge >= 0.3 is 0 Å². The number of carbonyl (C=O) groups is 1. The summed E-state index contributed by atoms with van der Waals surface area (Å²) in [5.74, 6) is 0.813. The van der Waals surface area contributed by atoms with Gasteiger partial charge in [-0.25, -0.2) is 0 Å². The first-order valence-electron chi connectivity index (χ1n) is 7.56. The standard InChI is InChI=1S/C18H21ClN2O2/c1-12(2)15-9-16(19)13(3)8-17(15)23-11-18(22)21-10-14-4-6-20-7-5-14/h4-9,12H,10-11H2,1-3H3,(H,21,22). The Morgan fingerprint density at radius 2 is 2.00 bits per heavy atom. The first-order valence-corrected chi connectivity index (χ1v) is 7.93. The summed E-state index contributed by atoms with van der Waals surface area (Å²) in [6, 6.07) is 7.51.